The molecule has 5 heteroatoms. The van der Waals surface area contributed by atoms with Crippen LogP contribution < -0.4 is 15.8 Å². The van der Waals surface area contributed by atoms with Crippen LogP contribution in [-0.4, -0.2) is 6.61 Å². The molecular weight excluding hydrogens is 295 g/mol. The Morgan fingerprint density at radius 2 is 1.75 bits per heavy atom. The molecule has 0 aromatic heterocycles. The lowest BCUT2D eigenvalue weighted by atomic mass is 10.2. The number of nitrogens with one attached hydrogen (secondary N) is 1. The van der Waals surface area contributed by atoms with Gasteiger partial charge in [0.15, 0.2) is 0 Å². The number of anilines is 3. The fraction of sp³-hybridized carbons (Fsp3) is 0.200. The summed E-state index contributed by atoms with van der Waals surface area (Å²) in [5.74, 6) is 0.671. The summed E-state index contributed by atoms with van der Waals surface area (Å²) >= 11 is 11.9. The first kappa shape index (κ1) is 14.8. The summed E-state index contributed by atoms with van der Waals surface area (Å²) in [6, 6.07) is 10.8. The topological polar surface area (TPSA) is 47.3 Å². The molecule has 0 bridgehead atoms. The number of hydrogen-bond acceptors (Lipinski definition) is 3. The van der Waals surface area contributed by atoms with Crippen molar-refractivity contribution in [2.24, 2.45) is 0 Å². The predicted molar refractivity (Wildman–Crippen MR) is 86.4 cm³/mol. The van der Waals surface area contributed by atoms with Crippen molar-refractivity contribution in [2.75, 3.05) is 17.7 Å². The van der Waals surface area contributed by atoms with E-state index in [9.17, 15) is 0 Å². The fourth-order valence-electron chi connectivity index (χ4n) is 1.74. The first-order valence-corrected chi connectivity index (χ1v) is 7.09. The minimum atomic E-state index is 0.581. The van der Waals surface area contributed by atoms with Crippen LogP contribution in [0.5, 0.6) is 5.75 Å². The second-order valence-electron chi connectivity index (χ2n) is 4.38. The molecule has 0 saturated heterocycles. The molecule has 0 unspecified atom stereocenters. The Labute approximate surface area is 128 Å². The SMILES string of the molecule is CCCOc1cc(Nc2cc(Cl)cc(Cl)c2)ccc1N. The van der Waals surface area contributed by atoms with Gasteiger partial charge in [-0.25, -0.2) is 0 Å². The summed E-state index contributed by atoms with van der Waals surface area (Å²) in [7, 11) is 0. The highest BCUT2D eigenvalue weighted by molar-refractivity contribution is 6.35. The van der Waals surface area contributed by atoms with Gasteiger partial charge in [0.1, 0.15) is 5.75 Å². The molecule has 0 heterocycles. The van der Waals surface area contributed by atoms with Gasteiger partial charge in [0, 0.05) is 27.5 Å². The van der Waals surface area contributed by atoms with Crippen molar-refractivity contribution in [2.45, 2.75) is 13.3 Å². The van der Waals surface area contributed by atoms with E-state index in [1.54, 1.807) is 24.3 Å². The zero-order valence-corrected chi connectivity index (χ0v) is 12.6. The van der Waals surface area contributed by atoms with Gasteiger partial charge in [-0.2, -0.15) is 0 Å². The van der Waals surface area contributed by atoms with Crippen molar-refractivity contribution in [1.82, 2.24) is 0 Å². The van der Waals surface area contributed by atoms with Crippen molar-refractivity contribution >= 4 is 40.3 Å². The number of nitrogen functional groups attached to an aromatic ring is 1. The number of nitrogens with two attached hydrogens (primary N) is 1. The molecule has 2 aromatic rings. The highest BCUT2D eigenvalue weighted by Crippen LogP contribution is 2.29. The Morgan fingerprint density at radius 1 is 1.05 bits per heavy atom. The molecule has 0 spiro atoms. The van der Waals surface area contributed by atoms with E-state index in [0.29, 0.717) is 28.1 Å². The maximum absolute atomic E-state index is 5.97. The van der Waals surface area contributed by atoms with Gasteiger partial charge in [-0.05, 0) is 36.8 Å². The Bertz CT molecular complexity index is 582. The van der Waals surface area contributed by atoms with E-state index < -0.39 is 0 Å². The van der Waals surface area contributed by atoms with Crippen molar-refractivity contribution in [3.8, 4) is 5.75 Å². The Balaban J connectivity index is 2.20. The van der Waals surface area contributed by atoms with E-state index >= 15 is 0 Å². The van der Waals surface area contributed by atoms with Gasteiger partial charge in [-0.3, -0.25) is 0 Å². The van der Waals surface area contributed by atoms with E-state index in [4.69, 9.17) is 33.7 Å². The maximum atomic E-state index is 5.97. The quantitative estimate of drug-likeness (QED) is 0.754. The zero-order chi connectivity index (χ0) is 14.5. The largest absolute Gasteiger partial charge is 0.491 e. The zero-order valence-electron chi connectivity index (χ0n) is 11.1. The molecule has 0 aliphatic heterocycles. The number of rotatable bonds is 5. The third-order valence-electron chi connectivity index (χ3n) is 2.63. The summed E-state index contributed by atoms with van der Waals surface area (Å²) in [5.41, 5.74) is 8.17. The third-order valence-corrected chi connectivity index (χ3v) is 3.06. The molecule has 0 aliphatic rings. The summed E-state index contributed by atoms with van der Waals surface area (Å²) in [6.07, 6.45) is 0.932. The van der Waals surface area contributed by atoms with Crippen molar-refractivity contribution < 1.29 is 4.74 Å². The van der Waals surface area contributed by atoms with Crippen LogP contribution in [0, 0.1) is 0 Å². The maximum Gasteiger partial charge on any atom is 0.144 e. The monoisotopic (exact) mass is 310 g/mol. The molecule has 20 heavy (non-hydrogen) atoms. The molecule has 0 fully saturated rings. The molecular formula is C15H16Cl2N2O. The summed E-state index contributed by atoms with van der Waals surface area (Å²) in [6.45, 7) is 2.68. The first-order chi connectivity index (χ1) is 9.58. The van der Waals surface area contributed by atoms with Gasteiger partial charge < -0.3 is 15.8 Å². The number of ether oxygens (including phenoxy) is 1. The lowest BCUT2D eigenvalue weighted by molar-refractivity contribution is 0.319. The lowest BCUT2D eigenvalue weighted by Gasteiger charge is -2.12. The minimum Gasteiger partial charge on any atom is -0.491 e. The van der Waals surface area contributed by atoms with Gasteiger partial charge in [-0.1, -0.05) is 30.1 Å². The average Bonchev–Trinajstić information content (AvgIpc) is 2.38. The summed E-state index contributed by atoms with van der Waals surface area (Å²) in [5, 5.41) is 4.39. The molecule has 3 nitrogen and oxygen atoms in total. The van der Waals surface area contributed by atoms with E-state index in [0.717, 1.165) is 17.8 Å². The normalized spacial score (nSPS) is 10.3. The molecule has 0 saturated carbocycles. The molecule has 2 aromatic carbocycles. The van der Waals surface area contributed by atoms with E-state index in [1.165, 1.54) is 0 Å². The van der Waals surface area contributed by atoms with Crippen molar-refractivity contribution in [3.05, 3.63) is 46.4 Å². The van der Waals surface area contributed by atoms with Gasteiger partial charge in [0.25, 0.3) is 0 Å². The molecule has 106 valence electrons. The predicted octanol–water partition coefficient (Wildman–Crippen LogP) is 5.11. The number of halogens is 2. The van der Waals surface area contributed by atoms with Crippen LogP contribution in [0.1, 0.15) is 13.3 Å². The van der Waals surface area contributed by atoms with E-state index in [-0.39, 0.29) is 0 Å². The molecule has 0 aliphatic carbocycles. The fourth-order valence-corrected chi connectivity index (χ4v) is 2.27. The Hall–Kier alpha value is -1.58. The van der Waals surface area contributed by atoms with Crippen LogP contribution in [-0.2, 0) is 0 Å². The standard InChI is InChI=1S/C15H16Cl2N2O/c1-2-5-20-15-9-12(3-4-14(15)18)19-13-7-10(16)6-11(17)8-13/h3-4,6-9,19H,2,5,18H2,1H3. The first-order valence-electron chi connectivity index (χ1n) is 6.34. The van der Waals surface area contributed by atoms with Crippen LogP contribution in [0.25, 0.3) is 0 Å². The second kappa shape index (κ2) is 6.73. The Morgan fingerprint density at radius 3 is 2.40 bits per heavy atom. The summed E-state index contributed by atoms with van der Waals surface area (Å²) in [4.78, 5) is 0. The molecule has 0 amide bonds. The van der Waals surface area contributed by atoms with Crippen LogP contribution in [0.2, 0.25) is 10.0 Å². The van der Waals surface area contributed by atoms with Crippen LogP contribution in [0.4, 0.5) is 17.1 Å². The average molecular weight is 311 g/mol. The van der Waals surface area contributed by atoms with Crippen LogP contribution in [0.15, 0.2) is 36.4 Å². The van der Waals surface area contributed by atoms with Crippen molar-refractivity contribution in [1.29, 1.82) is 0 Å². The van der Waals surface area contributed by atoms with Crippen molar-refractivity contribution in [3.63, 3.8) is 0 Å². The summed E-state index contributed by atoms with van der Waals surface area (Å²) < 4.78 is 5.59. The second-order valence-corrected chi connectivity index (χ2v) is 5.26. The smallest absolute Gasteiger partial charge is 0.144 e. The molecule has 0 radical (unpaired) electrons. The number of benzene rings is 2. The lowest BCUT2D eigenvalue weighted by Crippen LogP contribution is -2.00. The van der Waals surface area contributed by atoms with Crippen LogP contribution >= 0.6 is 23.2 Å². The highest BCUT2D eigenvalue weighted by atomic mass is 35.5. The number of hydrogen-bond donors (Lipinski definition) is 2. The minimum absolute atomic E-state index is 0.581. The van der Waals surface area contributed by atoms with Gasteiger partial charge >= 0.3 is 0 Å². The van der Waals surface area contributed by atoms with Crippen LogP contribution in [0.3, 0.4) is 0 Å². The third kappa shape index (κ3) is 3.95. The van der Waals surface area contributed by atoms with Gasteiger partial charge in [-0.15, -0.1) is 0 Å². The Kier molecular flexibility index (Phi) is 4.99. The molecule has 3 N–H and O–H groups in total. The van der Waals surface area contributed by atoms with Gasteiger partial charge in [0.05, 0.1) is 12.3 Å². The highest BCUT2D eigenvalue weighted by Gasteiger charge is 2.04. The van der Waals surface area contributed by atoms with Gasteiger partial charge in [0.2, 0.25) is 0 Å². The van der Waals surface area contributed by atoms with E-state index in [2.05, 4.69) is 5.32 Å². The van der Waals surface area contributed by atoms with E-state index in [1.807, 2.05) is 19.1 Å². The molecule has 0 atom stereocenters. The molecule has 2 rings (SSSR count).